The van der Waals surface area contributed by atoms with Crippen molar-refractivity contribution < 1.29 is 37.3 Å². The highest BCUT2D eigenvalue weighted by Crippen LogP contribution is 2.38. The van der Waals surface area contributed by atoms with Gasteiger partial charge in [0.05, 0.1) is 34.4 Å². The van der Waals surface area contributed by atoms with E-state index in [-0.39, 0.29) is 26.2 Å². The van der Waals surface area contributed by atoms with Crippen LogP contribution >= 0.6 is 7.82 Å². The van der Waals surface area contributed by atoms with Crippen molar-refractivity contribution in [3.8, 4) is 0 Å². The fourth-order valence-corrected chi connectivity index (χ4v) is 4.07. The van der Waals surface area contributed by atoms with E-state index in [0.717, 1.165) is 12.8 Å². The van der Waals surface area contributed by atoms with E-state index >= 15 is 0 Å². The quantitative estimate of drug-likeness (QED) is 0.0480. The van der Waals surface area contributed by atoms with Gasteiger partial charge in [0.15, 0.2) is 0 Å². The third-order valence-electron chi connectivity index (χ3n) is 5.54. The molecule has 0 aliphatic rings. The molecule has 0 amide bonds. The van der Waals surface area contributed by atoms with E-state index in [1.807, 2.05) is 28.1 Å². The number of quaternary nitrogens is 1. The van der Waals surface area contributed by atoms with Crippen molar-refractivity contribution in [1.29, 1.82) is 0 Å². The van der Waals surface area contributed by atoms with E-state index in [1.165, 1.54) is 57.8 Å². The second-order valence-corrected chi connectivity index (χ2v) is 11.8. The van der Waals surface area contributed by atoms with Crippen molar-refractivity contribution in [2.45, 2.75) is 103 Å². The summed E-state index contributed by atoms with van der Waals surface area (Å²) >= 11 is 0. The van der Waals surface area contributed by atoms with Gasteiger partial charge in [0.2, 0.25) is 0 Å². The summed E-state index contributed by atoms with van der Waals surface area (Å²) in [6, 6.07) is 0. The zero-order valence-corrected chi connectivity index (χ0v) is 24.6. The van der Waals surface area contributed by atoms with E-state index in [2.05, 4.69) is 19.1 Å². The van der Waals surface area contributed by atoms with Crippen molar-refractivity contribution in [1.82, 2.24) is 0 Å². The van der Waals surface area contributed by atoms with Crippen LogP contribution in [0.5, 0.6) is 0 Å². The number of hydrogen-bond donors (Lipinski definition) is 0. The predicted molar refractivity (Wildman–Crippen MR) is 144 cm³/mol. The zero-order chi connectivity index (χ0) is 27.1. The first-order valence-electron chi connectivity index (χ1n) is 13.9. The van der Waals surface area contributed by atoms with Crippen LogP contribution in [0.25, 0.3) is 0 Å². The van der Waals surface area contributed by atoms with Crippen LogP contribution in [0.1, 0.15) is 97.3 Å². The minimum atomic E-state index is -4.48. The molecule has 0 aromatic rings. The molecule has 0 bridgehead atoms. The van der Waals surface area contributed by atoms with Gasteiger partial charge < -0.3 is 27.9 Å². The number of nitrogens with zero attached hydrogens (tertiary/aromatic N) is 1. The standard InChI is InChI=1S/C27H54NO7P/c1-6-8-9-10-11-12-13-14-15-16-17-18-19-22-32-24-26(35-27(29)20-7-2)25-34-36(30,31)33-23-21-28(3,4)5/h11-12,26H,6-10,13-25H2,1-5H3/b12-11-. The normalized spacial score (nSPS) is 14.7. The molecule has 0 fully saturated rings. The Labute approximate surface area is 220 Å². The maximum absolute atomic E-state index is 12.0. The molecular formula is C27H54NO7P. The molecule has 0 spiro atoms. The van der Waals surface area contributed by atoms with E-state index in [9.17, 15) is 14.3 Å². The largest absolute Gasteiger partial charge is 0.756 e. The molecule has 0 saturated carbocycles. The second-order valence-electron chi connectivity index (χ2n) is 10.4. The Kier molecular flexibility index (Phi) is 21.8. The molecule has 0 aliphatic heterocycles. The van der Waals surface area contributed by atoms with Gasteiger partial charge in [-0.2, -0.15) is 0 Å². The molecule has 0 saturated heterocycles. The van der Waals surface area contributed by atoms with Gasteiger partial charge in [-0.15, -0.1) is 0 Å². The molecular weight excluding hydrogens is 481 g/mol. The third-order valence-corrected chi connectivity index (χ3v) is 6.50. The fourth-order valence-electron chi connectivity index (χ4n) is 3.34. The lowest BCUT2D eigenvalue weighted by Crippen LogP contribution is -2.37. The highest BCUT2D eigenvalue weighted by atomic mass is 31.2. The number of rotatable bonds is 25. The molecule has 2 atom stereocenters. The molecule has 0 heterocycles. The number of hydrogen-bond acceptors (Lipinski definition) is 7. The van der Waals surface area contributed by atoms with Crippen LogP contribution in [0.2, 0.25) is 0 Å². The van der Waals surface area contributed by atoms with E-state index < -0.39 is 19.9 Å². The number of carbonyl (C=O) groups is 1. The SMILES string of the molecule is CCCCC/C=C\CCCCCCCCOCC(COP(=O)([O-])OCC[N+](C)(C)C)OC(=O)CCC. The molecule has 0 rings (SSSR count). The van der Waals surface area contributed by atoms with Crippen LogP contribution in [-0.2, 0) is 27.9 Å². The maximum atomic E-state index is 12.0. The Morgan fingerprint density at radius 3 is 2.06 bits per heavy atom. The number of unbranched alkanes of at least 4 members (excludes halogenated alkanes) is 9. The Hall–Kier alpha value is -0.760. The molecule has 0 aromatic carbocycles. The lowest BCUT2D eigenvalue weighted by molar-refractivity contribution is -0.870. The van der Waals surface area contributed by atoms with Gasteiger partial charge in [-0.3, -0.25) is 9.36 Å². The number of likely N-dealkylation sites (N-methyl/N-ethyl adjacent to an activating group) is 1. The van der Waals surface area contributed by atoms with E-state index in [1.54, 1.807) is 0 Å². The van der Waals surface area contributed by atoms with Gasteiger partial charge in [-0.25, -0.2) is 0 Å². The molecule has 0 radical (unpaired) electrons. The Morgan fingerprint density at radius 2 is 1.44 bits per heavy atom. The molecule has 0 aromatic heterocycles. The first-order valence-corrected chi connectivity index (χ1v) is 15.4. The number of ether oxygens (including phenoxy) is 2. The molecule has 2 unspecified atom stereocenters. The lowest BCUT2D eigenvalue weighted by atomic mass is 10.1. The van der Waals surface area contributed by atoms with E-state index in [4.69, 9.17) is 18.5 Å². The predicted octanol–water partition coefficient (Wildman–Crippen LogP) is 5.79. The van der Waals surface area contributed by atoms with Crippen LogP contribution < -0.4 is 4.89 Å². The summed E-state index contributed by atoms with van der Waals surface area (Å²) in [5.74, 6) is -0.391. The molecule has 8 nitrogen and oxygen atoms in total. The minimum Gasteiger partial charge on any atom is -0.756 e. The van der Waals surface area contributed by atoms with Crippen LogP contribution in [0.3, 0.4) is 0 Å². The number of esters is 1. The Balaban J connectivity index is 4.06. The van der Waals surface area contributed by atoms with Gasteiger partial charge in [0, 0.05) is 13.0 Å². The summed E-state index contributed by atoms with van der Waals surface area (Å²) in [7, 11) is 1.34. The maximum Gasteiger partial charge on any atom is 0.306 e. The summed E-state index contributed by atoms with van der Waals surface area (Å²) in [5.41, 5.74) is 0. The second kappa shape index (κ2) is 22.2. The van der Waals surface area contributed by atoms with Gasteiger partial charge in [-0.1, -0.05) is 64.5 Å². The van der Waals surface area contributed by atoms with E-state index in [0.29, 0.717) is 24.1 Å². The Bertz CT molecular complexity index is 607. The van der Waals surface area contributed by atoms with Gasteiger partial charge in [-0.05, 0) is 38.5 Å². The lowest BCUT2D eigenvalue weighted by Gasteiger charge is -2.28. The Morgan fingerprint density at radius 1 is 0.833 bits per heavy atom. The van der Waals surface area contributed by atoms with Crippen molar-refractivity contribution in [3.63, 3.8) is 0 Å². The number of phosphoric acid groups is 1. The molecule has 36 heavy (non-hydrogen) atoms. The summed E-state index contributed by atoms with van der Waals surface area (Å²) in [4.78, 5) is 23.9. The highest BCUT2D eigenvalue weighted by molar-refractivity contribution is 7.45. The molecule has 9 heteroatoms. The third kappa shape index (κ3) is 24.9. The highest BCUT2D eigenvalue weighted by Gasteiger charge is 2.20. The minimum absolute atomic E-state index is 0.0246. The molecule has 214 valence electrons. The van der Waals surface area contributed by atoms with Crippen LogP contribution in [0.15, 0.2) is 12.2 Å². The number of carbonyl (C=O) groups excluding carboxylic acids is 1. The van der Waals surface area contributed by atoms with Gasteiger partial charge in [0.1, 0.15) is 19.3 Å². The van der Waals surface area contributed by atoms with Crippen molar-refractivity contribution >= 4 is 13.8 Å². The molecule has 0 N–H and O–H groups in total. The monoisotopic (exact) mass is 535 g/mol. The van der Waals surface area contributed by atoms with Gasteiger partial charge >= 0.3 is 5.97 Å². The fraction of sp³-hybridized carbons (Fsp3) is 0.889. The average Bonchev–Trinajstić information content (AvgIpc) is 2.79. The molecule has 0 aliphatic carbocycles. The first-order chi connectivity index (χ1) is 17.1. The summed E-state index contributed by atoms with van der Waals surface area (Å²) < 4.78 is 33.5. The van der Waals surface area contributed by atoms with Crippen LogP contribution in [-0.4, -0.2) is 70.7 Å². The smallest absolute Gasteiger partial charge is 0.306 e. The number of phosphoric ester groups is 1. The van der Waals surface area contributed by atoms with Crippen molar-refractivity contribution in [3.05, 3.63) is 12.2 Å². The van der Waals surface area contributed by atoms with Crippen LogP contribution in [0.4, 0.5) is 0 Å². The van der Waals surface area contributed by atoms with Gasteiger partial charge in [0.25, 0.3) is 7.82 Å². The zero-order valence-electron chi connectivity index (χ0n) is 23.7. The summed E-state index contributed by atoms with van der Waals surface area (Å²) in [6.45, 7) is 4.97. The summed E-state index contributed by atoms with van der Waals surface area (Å²) in [6.07, 6.45) is 17.9. The number of allylic oxidation sites excluding steroid dienone is 2. The first kappa shape index (κ1) is 35.2. The topological polar surface area (TPSA) is 94.1 Å². The van der Waals surface area contributed by atoms with Crippen LogP contribution in [0, 0.1) is 0 Å². The van der Waals surface area contributed by atoms with Crippen molar-refractivity contribution in [2.75, 3.05) is 54.1 Å². The van der Waals surface area contributed by atoms with Crippen molar-refractivity contribution in [2.24, 2.45) is 0 Å². The summed E-state index contributed by atoms with van der Waals surface area (Å²) in [5, 5.41) is 0. The average molecular weight is 536 g/mol.